The van der Waals surface area contributed by atoms with Crippen LogP contribution in [-0.2, 0) is 16.6 Å². The third kappa shape index (κ3) is 3.74. The molecular formula is C14H9BrN2O3S. The maximum Gasteiger partial charge on any atom is 0.336 e. The fourth-order valence-electron chi connectivity index (χ4n) is 1.67. The molecule has 106 valence electrons. The van der Waals surface area contributed by atoms with Gasteiger partial charge in [0.2, 0.25) is 0 Å². The van der Waals surface area contributed by atoms with Crippen LogP contribution in [0.5, 0.6) is 0 Å². The molecule has 1 heterocycles. The molecule has 0 saturated carbocycles. The average Bonchev–Trinajstić information content (AvgIpc) is 2.47. The summed E-state index contributed by atoms with van der Waals surface area (Å²) in [5.41, 5.74) is 1.03. The third-order valence-electron chi connectivity index (χ3n) is 2.67. The molecule has 0 aliphatic rings. The van der Waals surface area contributed by atoms with Crippen molar-refractivity contribution >= 4 is 32.7 Å². The Labute approximate surface area is 131 Å². The highest BCUT2D eigenvalue weighted by Gasteiger charge is 2.13. The van der Waals surface area contributed by atoms with Crippen molar-refractivity contribution in [1.29, 1.82) is 5.26 Å². The minimum Gasteiger partial charge on any atom is -0.478 e. The van der Waals surface area contributed by atoms with Crippen molar-refractivity contribution in [2.24, 2.45) is 0 Å². The molecule has 1 aromatic carbocycles. The van der Waals surface area contributed by atoms with Crippen molar-refractivity contribution in [2.75, 3.05) is 0 Å². The van der Waals surface area contributed by atoms with Crippen LogP contribution in [0.3, 0.4) is 0 Å². The summed E-state index contributed by atoms with van der Waals surface area (Å²) in [4.78, 5) is 15.3. The Morgan fingerprint density at radius 2 is 2.14 bits per heavy atom. The molecule has 0 bridgehead atoms. The van der Waals surface area contributed by atoms with Gasteiger partial charge in [0.15, 0.2) is 0 Å². The molecule has 5 nitrogen and oxygen atoms in total. The first-order chi connectivity index (χ1) is 10.0. The Kier molecular flexibility index (Phi) is 4.83. The van der Waals surface area contributed by atoms with E-state index >= 15 is 0 Å². The van der Waals surface area contributed by atoms with Crippen LogP contribution in [0, 0.1) is 11.3 Å². The van der Waals surface area contributed by atoms with E-state index in [-0.39, 0.29) is 17.0 Å². The van der Waals surface area contributed by atoms with Gasteiger partial charge >= 0.3 is 5.97 Å². The molecule has 21 heavy (non-hydrogen) atoms. The highest BCUT2D eigenvalue weighted by molar-refractivity contribution is 9.10. The molecule has 0 aliphatic heterocycles. The standard InChI is InChI=1S/C14H9BrN2O3S/c15-13-2-1-11(6-12(13)14(18)19)21(20)8-9-3-4-17-10(5-9)7-16/h1-6H,8H2,(H,18,19). The summed E-state index contributed by atoms with van der Waals surface area (Å²) in [6.45, 7) is 0. The van der Waals surface area contributed by atoms with Gasteiger partial charge in [0.25, 0.3) is 0 Å². The van der Waals surface area contributed by atoms with Gasteiger partial charge < -0.3 is 5.11 Å². The fraction of sp³-hybridized carbons (Fsp3) is 0.0714. The van der Waals surface area contributed by atoms with E-state index < -0.39 is 16.8 Å². The van der Waals surface area contributed by atoms with Crippen molar-refractivity contribution in [3.05, 3.63) is 57.8 Å². The number of carboxylic acid groups (broad SMARTS) is 1. The molecule has 0 radical (unpaired) electrons. The number of aromatic nitrogens is 1. The molecule has 1 N–H and O–H groups in total. The lowest BCUT2D eigenvalue weighted by atomic mass is 10.2. The van der Waals surface area contributed by atoms with Gasteiger partial charge in [-0.05, 0) is 51.8 Å². The number of carbonyl (C=O) groups is 1. The third-order valence-corrected chi connectivity index (χ3v) is 4.73. The molecule has 1 atom stereocenters. The van der Waals surface area contributed by atoms with Gasteiger partial charge in [-0.2, -0.15) is 5.26 Å². The van der Waals surface area contributed by atoms with Crippen LogP contribution in [0.4, 0.5) is 0 Å². The van der Waals surface area contributed by atoms with E-state index in [2.05, 4.69) is 20.9 Å². The lowest BCUT2D eigenvalue weighted by molar-refractivity contribution is 0.0695. The number of nitriles is 1. The van der Waals surface area contributed by atoms with Crippen LogP contribution in [0.25, 0.3) is 0 Å². The number of pyridine rings is 1. The summed E-state index contributed by atoms with van der Waals surface area (Å²) in [5, 5.41) is 17.8. The Hall–Kier alpha value is -2.04. The number of benzene rings is 1. The van der Waals surface area contributed by atoms with Crippen molar-refractivity contribution in [3.63, 3.8) is 0 Å². The summed E-state index contributed by atoms with van der Waals surface area (Å²) in [6.07, 6.45) is 1.48. The van der Waals surface area contributed by atoms with E-state index in [0.717, 1.165) is 0 Å². The Bertz CT molecular complexity index is 771. The summed E-state index contributed by atoms with van der Waals surface area (Å²) >= 11 is 3.14. The maximum absolute atomic E-state index is 12.3. The molecular weight excluding hydrogens is 356 g/mol. The van der Waals surface area contributed by atoms with E-state index in [9.17, 15) is 9.00 Å². The molecule has 0 saturated heterocycles. The number of halogens is 1. The quantitative estimate of drug-likeness (QED) is 0.900. The average molecular weight is 365 g/mol. The van der Waals surface area contributed by atoms with Gasteiger partial charge in [0.05, 0.1) is 22.1 Å². The molecule has 0 amide bonds. The largest absolute Gasteiger partial charge is 0.478 e. The molecule has 1 unspecified atom stereocenters. The molecule has 0 spiro atoms. The van der Waals surface area contributed by atoms with E-state index in [1.807, 2.05) is 6.07 Å². The predicted octanol–water partition coefficient (Wildman–Crippen LogP) is 2.72. The van der Waals surface area contributed by atoms with Gasteiger partial charge in [0, 0.05) is 15.6 Å². The van der Waals surface area contributed by atoms with Crippen LogP contribution in [0.2, 0.25) is 0 Å². The van der Waals surface area contributed by atoms with Crippen molar-refractivity contribution in [1.82, 2.24) is 4.98 Å². The van der Waals surface area contributed by atoms with Crippen molar-refractivity contribution < 1.29 is 14.1 Å². The van der Waals surface area contributed by atoms with Gasteiger partial charge in [-0.25, -0.2) is 9.78 Å². The highest BCUT2D eigenvalue weighted by atomic mass is 79.9. The van der Waals surface area contributed by atoms with E-state index in [1.165, 1.54) is 12.3 Å². The van der Waals surface area contributed by atoms with Gasteiger partial charge in [0.1, 0.15) is 11.8 Å². The lowest BCUT2D eigenvalue weighted by Gasteiger charge is -2.05. The van der Waals surface area contributed by atoms with E-state index in [1.54, 1.807) is 24.3 Å². The first-order valence-electron chi connectivity index (χ1n) is 5.77. The van der Waals surface area contributed by atoms with Crippen LogP contribution in [-0.4, -0.2) is 20.3 Å². The number of rotatable bonds is 4. The first-order valence-corrected chi connectivity index (χ1v) is 7.88. The zero-order chi connectivity index (χ0) is 15.4. The van der Waals surface area contributed by atoms with E-state index in [0.29, 0.717) is 14.9 Å². The minimum atomic E-state index is -1.40. The van der Waals surface area contributed by atoms with Crippen molar-refractivity contribution in [3.8, 4) is 6.07 Å². The predicted molar refractivity (Wildman–Crippen MR) is 80.2 cm³/mol. The normalized spacial score (nSPS) is 11.6. The second-order valence-electron chi connectivity index (χ2n) is 4.10. The maximum atomic E-state index is 12.3. The Morgan fingerprint density at radius 3 is 2.81 bits per heavy atom. The zero-order valence-corrected chi connectivity index (χ0v) is 13.0. The van der Waals surface area contributed by atoms with Crippen LogP contribution in [0.1, 0.15) is 21.6 Å². The van der Waals surface area contributed by atoms with Crippen LogP contribution < -0.4 is 0 Å². The minimum absolute atomic E-state index is 0.0632. The summed E-state index contributed by atoms with van der Waals surface area (Å²) < 4.78 is 12.7. The lowest BCUT2D eigenvalue weighted by Crippen LogP contribution is -2.02. The highest BCUT2D eigenvalue weighted by Crippen LogP contribution is 2.21. The smallest absolute Gasteiger partial charge is 0.336 e. The molecule has 1 aromatic heterocycles. The van der Waals surface area contributed by atoms with E-state index in [4.69, 9.17) is 10.4 Å². The van der Waals surface area contributed by atoms with Crippen molar-refractivity contribution in [2.45, 2.75) is 10.6 Å². The molecule has 2 rings (SSSR count). The van der Waals surface area contributed by atoms with Gasteiger partial charge in [-0.15, -0.1) is 0 Å². The number of carboxylic acids is 1. The number of nitrogens with zero attached hydrogens (tertiary/aromatic N) is 2. The SMILES string of the molecule is N#Cc1cc(CS(=O)c2ccc(Br)c(C(=O)O)c2)ccn1. The van der Waals surface area contributed by atoms with Crippen LogP contribution >= 0.6 is 15.9 Å². The fourth-order valence-corrected chi connectivity index (χ4v) is 3.20. The number of aromatic carboxylic acids is 1. The molecule has 2 aromatic rings. The molecule has 0 fully saturated rings. The zero-order valence-electron chi connectivity index (χ0n) is 10.6. The van der Waals surface area contributed by atoms with Gasteiger partial charge in [-0.1, -0.05) is 0 Å². The Morgan fingerprint density at radius 1 is 1.38 bits per heavy atom. The Balaban J connectivity index is 2.26. The molecule has 0 aliphatic carbocycles. The second-order valence-corrected chi connectivity index (χ2v) is 6.40. The second kappa shape index (κ2) is 6.61. The summed E-state index contributed by atoms with van der Waals surface area (Å²) in [7, 11) is -1.40. The monoisotopic (exact) mass is 364 g/mol. The number of hydrogen-bond donors (Lipinski definition) is 1. The van der Waals surface area contributed by atoms with Gasteiger partial charge in [-0.3, -0.25) is 4.21 Å². The number of hydrogen-bond acceptors (Lipinski definition) is 4. The topological polar surface area (TPSA) is 91.0 Å². The first kappa shape index (κ1) is 15.4. The summed E-state index contributed by atoms with van der Waals surface area (Å²) in [6, 6.07) is 9.71. The van der Waals surface area contributed by atoms with Crippen LogP contribution in [0.15, 0.2) is 45.9 Å². The molecule has 7 heteroatoms. The summed E-state index contributed by atoms with van der Waals surface area (Å²) in [5.74, 6) is -0.894.